The SMILES string of the molecule is N#Cc1ccc(NC(=O)c2noc3ccc(NC(=O)c4ccc(N=[N+]=[N-])c(I)c4)cc23)c(C(=O)O)c1. The number of hydrogen-bond donors (Lipinski definition) is 3. The van der Waals surface area contributed by atoms with E-state index in [1.165, 1.54) is 36.4 Å². The van der Waals surface area contributed by atoms with Crippen LogP contribution in [-0.2, 0) is 0 Å². The molecular formula is C23H12IN7O5. The maximum absolute atomic E-state index is 12.9. The summed E-state index contributed by atoms with van der Waals surface area (Å²) in [4.78, 5) is 39.9. The molecule has 13 heteroatoms. The standard InChI is InChI=1S/C23H12IN7O5/c24-16-8-12(2-5-18(16)29-31-26)21(32)27-13-3-6-19-15(9-13)20(30-36-19)22(33)28-17-4-1-11(10-25)7-14(17)23(34)35/h1-9H,(H,27,32)(H,28,33)(H,34,35). The zero-order valence-corrected chi connectivity index (χ0v) is 20.0. The summed E-state index contributed by atoms with van der Waals surface area (Å²) in [6.45, 7) is 0. The zero-order valence-electron chi connectivity index (χ0n) is 17.9. The van der Waals surface area contributed by atoms with E-state index in [1.807, 2.05) is 28.7 Å². The number of amides is 2. The van der Waals surface area contributed by atoms with Gasteiger partial charge in [-0.15, -0.1) is 0 Å². The summed E-state index contributed by atoms with van der Waals surface area (Å²) in [7, 11) is 0. The number of aromatic carboxylic acids is 1. The highest BCUT2D eigenvalue weighted by atomic mass is 127. The minimum atomic E-state index is -1.32. The smallest absolute Gasteiger partial charge is 0.337 e. The Morgan fingerprint density at radius 1 is 1.08 bits per heavy atom. The number of anilines is 2. The van der Waals surface area contributed by atoms with Gasteiger partial charge in [-0.1, -0.05) is 16.3 Å². The van der Waals surface area contributed by atoms with Crippen LogP contribution in [0.25, 0.3) is 21.4 Å². The average Bonchev–Trinajstić information content (AvgIpc) is 3.29. The number of nitriles is 1. The molecule has 0 unspecified atom stereocenters. The van der Waals surface area contributed by atoms with E-state index in [1.54, 1.807) is 12.1 Å². The Bertz CT molecular complexity index is 1650. The highest BCUT2D eigenvalue weighted by Crippen LogP contribution is 2.26. The van der Waals surface area contributed by atoms with E-state index in [-0.39, 0.29) is 33.5 Å². The highest BCUT2D eigenvalue weighted by molar-refractivity contribution is 14.1. The molecule has 1 heterocycles. The lowest BCUT2D eigenvalue weighted by atomic mass is 10.1. The first kappa shape index (κ1) is 24.2. The van der Waals surface area contributed by atoms with Gasteiger partial charge in [0.15, 0.2) is 11.3 Å². The second-order valence-corrected chi connectivity index (χ2v) is 8.35. The molecule has 2 amide bonds. The second kappa shape index (κ2) is 10.1. The van der Waals surface area contributed by atoms with Crippen LogP contribution in [-0.4, -0.2) is 28.0 Å². The Labute approximate surface area is 215 Å². The molecule has 0 bridgehead atoms. The molecule has 0 spiro atoms. The Hall–Kier alpha value is -4.93. The summed E-state index contributed by atoms with van der Waals surface area (Å²) in [5.41, 5.74) is 9.63. The molecule has 0 saturated heterocycles. The van der Waals surface area contributed by atoms with Gasteiger partial charge < -0.3 is 20.3 Å². The van der Waals surface area contributed by atoms with Gasteiger partial charge in [0.2, 0.25) is 0 Å². The first-order chi connectivity index (χ1) is 17.3. The van der Waals surface area contributed by atoms with Crippen LogP contribution >= 0.6 is 22.6 Å². The van der Waals surface area contributed by atoms with Crippen LogP contribution in [0.5, 0.6) is 0 Å². The first-order valence-electron chi connectivity index (χ1n) is 9.95. The number of azide groups is 1. The quantitative estimate of drug-likeness (QED) is 0.114. The highest BCUT2D eigenvalue weighted by Gasteiger charge is 2.20. The minimum Gasteiger partial charge on any atom is -0.478 e. The van der Waals surface area contributed by atoms with Gasteiger partial charge in [-0.05, 0) is 76.7 Å². The number of benzene rings is 3. The fourth-order valence-corrected chi connectivity index (χ4v) is 3.87. The Morgan fingerprint density at radius 2 is 1.89 bits per heavy atom. The van der Waals surface area contributed by atoms with Crippen LogP contribution in [0.2, 0.25) is 0 Å². The number of halogens is 1. The Balaban J connectivity index is 1.59. The molecule has 0 atom stereocenters. The van der Waals surface area contributed by atoms with Crippen molar-refractivity contribution in [1.82, 2.24) is 5.16 Å². The van der Waals surface area contributed by atoms with E-state index in [2.05, 4.69) is 25.8 Å². The predicted octanol–water partition coefficient (Wildman–Crippen LogP) is 5.45. The van der Waals surface area contributed by atoms with Crippen molar-refractivity contribution in [3.8, 4) is 6.07 Å². The summed E-state index contributed by atoms with van der Waals surface area (Å²) in [6.07, 6.45) is 0. The third kappa shape index (κ3) is 4.94. The third-order valence-corrected chi connectivity index (χ3v) is 5.80. The van der Waals surface area contributed by atoms with Crippen molar-refractivity contribution in [2.45, 2.75) is 0 Å². The van der Waals surface area contributed by atoms with E-state index >= 15 is 0 Å². The molecule has 3 aromatic carbocycles. The molecule has 0 aliphatic heterocycles. The molecular weight excluding hydrogens is 581 g/mol. The summed E-state index contributed by atoms with van der Waals surface area (Å²) < 4.78 is 5.79. The lowest BCUT2D eigenvalue weighted by Gasteiger charge is -2.08. The van der Waals surface area contributed by atoms with Gasteiger partial charge in [-0.25, -0.2) is 4.79 Å². The zero-order chi connectivity index (χ0) is 25.8. The minimum absolute atomic E-state index is 0.0223. The monoisotopic (exact) mass is 593 g/mol. The van der Waals surface area contributed by atoms with Crippen LogP contribution in [0.4, 0.5) is 17.1 Å². The summed E-state index contributed by atoms with van der Waals surface area (Å²) in [6, 6.07) is 14.8. The normalized spacial score (nSPS) is 10.2. The van der Waals surface area contributed by atoms with Crippen molar-refractivity contribution in [1.29, 1.82) is 5.26 Å². The maximum atomic E-state index is 12.9. The molecule has 0 radical (unpaired) electrons. The molecule has 1 aromatic heterocycles. The number of aromatic nitrogens is 1. The van der Waals surface area contributed by atoms with Gasteiger partial charge in [-0.3, -0.25) is 9.59 Å². The number of carboxylic acid groups (broad SMARTS) is 1. The van der Waals surface area contributed by atoms with E-state index in [0.29, 0.717) is 20.5 Å². The van der Waals surface area contributed by atoms with Crippen LogP contribution in [0.15, 0.2) is 64.2 Å². The third-order valence-electron chi connectivity index (χ3n) is 4.93. The molecule has 0 saturated carbocycles. The van der Waals surface area contributed by atoms with Gasteiger partial charge in [0, 0.05) is 19.7 Å². The molecule has 12 nitrogen and oxygen atoms in total. The largest absolute Gasteiger partial charge is 0.478 e. The summed E-state index contributed by atoms with van der Waals surface area (Å²) >= 11 is 1.95. The fraction of sp³-hybridized carbons (Fsp3) is 0. The van der Waals surface area contributed by atoms with Gasteiger partial charge in [0.05, 0.1) is 34.0 Å². The Morgan fingerprint density at radius 3 is 2.58 bits per heavy atom. The van der Waals surface area contributed by atoms with E-state index in [9.17, 15) is 19.5 Å². The van der Waals surface area contributed by atoms with Crippen molar-refractivity contribution in [3.63, 3.8) is 0 Å². The van der Waals surface area contributed by atoms with E-state index in [0.717, 1.165) is 6.07 Å². The fourth-order valence-electron chi connectivity index (χ4n) is 3.24. The number of hydrogen-bond acceptors (Lipinski definition) is 7. The lowest BCUT2D eigenvalue weighted by molar-refractivity contribution is 0.0697. The maximum Gasteiger partial charge on any atom is 0.337 e. The summed E-state index contributed by atoms with van der Waals surface area (Å²) in [5, 5.41) is 31.2. The molecule has 4 rings (SSSR count). The molecule has 176 valence electrons. The van der Waals surface area contributed by atoms with Gasteiger partial charge in [0.25, 0.3) is 11.8 Å². The van der Waals surface area contributed by atoms with Gasteiger partial charge in [-0.2, -0.15) is 5.26 Å². The van der Waals surface area contributed by atoms with Crippen molar-refractivity contribution in [2.75, 3.05) is 10.6 Å². The van der Waals surface area contributed by atoms with E-state index in [4.69, 9.17) is 15.3 Å². The number of carboxylic acids is 1. The average molecular weight is 593 g/mol. The van der Waals surface area contributed by atoms with Crippen LogP contribution in [0, 0.1) is 14.9 Å². The molecule has 4 aromatic rings. The molecule has 0 aliphatic rings. The Kier molecular flexibility index (Phi) is 6.81. The van der Waals surface area contributed by atoms with E-state index < -0.39 is 17.8 Å². The number of carbonyl (C=O) groups is 3. The number of carbonyl (C=O) groups excluding carboxylic acids is 2. The molecule has 0 fully saturated rings. The molecule has 3 N–H and O–H groups in total. The van der Waals surface area contributed by atoms with Crippen LogP contribution < -0.4 is 10.6 Å². The number of nitrogens with one attached hydrogen (secondary N) is 2. The van der Waals surface area contributed by atoms with Crippen molar-refractivity contribution >= 4 is 68.4 Å². The number of rotatable bonds is 6. The molecule has 36 heavy (non-hydrogen) atoms. The number of nitrogens with zero attached hydrogens (tertiary/aromatic N) is 5. The summed E-state index contributed by atoms with van der Waals surface area (Å²) in [5.74, 6) is -2.50. The van der Waals surface area contributed by atoms with Crippen molar-refractivity contribution in [3.05, 3.63) is 91.0 Å². The lowest BCUT2D eigenvalue weighted by Crippen LogP contribution is -2.16. The first-order valence-corrected chi connectivity index (χ1v) is 11.0. The van der Waals surface area contributed by atoms with Crippen molar-refractivity contribution < 1.29 is 24.0 Å². The van der Waals surface area contributed by atoms with Gasteiger partial charge in [0.1, 0.15) is 0 Å². The topological polar surface area (TPSA) is 194 Å². The second-order valence-electron chi connectivity index (χ2n) is 7.18. The number of fused-ring (bicyclic) bond motifs is 1. The van der Waals surface area contributed by atoms with Gasteiger partial charge >= 0.3 is 5.97 Å². The van der Waals surface area contributed by atoms with Crippen molar-refractivity contribution in [2.24, 2.45) is 5.11 Å². The van der Waals surface area contributed by atoms with Crippen LogP contribution in [0.3, 0.4) is 0 Å². The van der Waals surface area contributed by atoms with Crippen LogP contribution in [0.1, 0.15) is 36.8 Å². The predicted molar refractivity (Wildman–Crippen MR) is 136 cm³/mol. The molecule has 0 aliphatic carbocycles.